The number of nitrogens with zero attached hydrogens (tertiary/aromatic N) is 3. The van der Waals surface area contributed by atoms with Crippen molar-refractivity contribution in [2.24, 2.45) is 0 Å². The van der Waals surface area contributed by atoms with Gasteiger partial charge in [-0.3, -0.25) is 9.78 Å². The molecule has 1 aliphatic rings. The molecule has 0 saturated heterocycles. The fourth-order valence-corrected chi connectivity index (χ4v) is 2.98. The number of hydrogen-bond donors (Lipinski definition) is 0. The van der Waals surface area contributed by atoms with Crippen molar-refractivity contribution in [2.75, 3.05) is 0 Å². The molecular weight excluding hydrogens is 286 g/mol. The van der Waals surface area contributed by atoms with Crippen molar-refractivity contribution in [3.8, 4) is 5.69 Å². The lowest BCUT2D eigenvalue weighted by Crippen LogP contribution is -2.04. The first kappa shape index (κ1) is 12.5. The minimum atomic E-state index is 0.399. The lowest BCUT2D eigenvalue weighted by molar-refractivity contribution is 0.112. The second-order valence-corrected chi connectivity index (χ2v) is 5.66. The topological polar surface area (TPSA) is 47.8 Å². The zero-order valence-electron chi connectivity index (χ0n) is 11.2. The number of rotatable bonds is 3. The standard InChI is InChI=1S/C16H12ClN3O/c17-13-5-6-14-12(2-1-7-18-14)16(13)20-15(10-3-4-10)11(9-21)8-19-20/h1-2,5-10H,3-4H2. The summed E-state index contributed by atoms with van der Waals surface area (Å²) in [7, 11) is 0. The molecule has 2 heterocycles. The number of carbonyl (C=O) groups excluding carboxylic acids is 1. The zero-order valence-corrected chi connectivity index (χ0v) is 11.9. The number of fused-ring (bicyclic) bond motifs is 1. The van der Waals surface area contributed by atoms with E-state index in [9.17, 15) is 4.79 Å². The van der Waals surface area contributed by atoms with E-state index in [2.05, 4.69) is 10.1 Å². The van der Waals surface area contributed by atoms with Gasteiger partial charge in [-0.25, -0.2) is 4.68 Å². The summed E-state index contributed by atoms with van der Waals surface area (Å²) in [5, 5.41) is 5.95. The summed E-state index contributed by atoms with van der Waals surface area (Å²) >= 11 is 6.41. The van der Waals surface area contributed by atoms with E-state index in [1.807, 2.05) is 28.9 Å². The molecule has 1 saturated carbocycles. The van der Waals surface area contributed by atoms with Crippen LogP contribution in [0.15, 0.2) is 36.7 Å². The lowest BCUT2D eigenvalue weighted by atomic mass is 10.1. The first-order chi connectivity index (χ1) is 10.3. The number of benzene rings is 1. The quantitative estimate of drug-likeness (QED) is 0.692. The van der Waals surface area contributed by atoms with Crippen molar-refractivity contribution in [1.29, 1.82) is 0 Å². The Morgan fingerprint density at radius 1 is 1.29 bits per heavy atom. The van der Waals surface area contributed by atoms with Crippen LogP contribution < -0.4 is 0 Å². The summed E-state index contributed by atoms with van der Waals surface area (Å²) in [5.41, 5.74) is 3.27. The van der Waals surface area contributed by atoms with Gasteiger partial charge in [0, 0.05) is 17.5 Å². The number of pyridine rings is 1. The average Bonchev–Trinajstić information content (AvgIpc) is 3.27. The Kier molecular flexibility index (Phi) is 2.79. The molecule has 0 atom stereocenters. The minimum absolute atomic E-state index is 0.399. The maximum atomic E-state index is 11.3. The van der Waals surface area contributed by atoms with Gasteiger partial charge in [-0.05, 0) is 37.1 Å². The fraction of sp³-hybridized carbons (Fsp3) is 0.188. The molecule has 0 unspecified atom stereocenters. The van der Waals surface area contributed by atoms with Gasteiger partial charge in [-0.2, -0.15) is 5.10 Å². The van der Waals surface area contributed by atoms with Gasteiger partial charge in [-0.1, -0.05) is 11.6 Å². The Balaban J connectivity index is 2.05. The molecule has 1 fully saturated rings. The number of aldehydes is 1. The molecule has 5 heteroatoms. The van der Waals surface area contributed by atoms with Crippen molar-refractivity contribution < 1.29 is 4.79 Å². The maximum Gasteiger partial charge on any atom is 0.153 e. The van der Waals surface area contributed by atoms with E-state index in [4.69, 9.17) is 11.6 Å². The van der Waals surface area contributed by atoms with Gasteiger partial charge in [0.25, 0.3) is 0 Å². The molecule has 0 amide bonds. The normalized spacial score (nSPS) is 14.5. The van der Waals surface area contributed by atoms with Crippen LogP contribution in [0, 0.1) is 0 Å². The van der Waals surface area contributed by atoms with E-state index in [0.29, 0.717) is 16.5 Å². The molecule has 0 radical (unpaired) electrons. The summed E-state index contributed by atoms with van der Waals surface area (Å²) < 4.78 is 1.81. The summed E-state index contributed by atoms with van der Waals surface area (Å²) in [6.45, 7) is 0. The van der Waals surface area contributed by atoms with Crippen molar-refractivity contribution in [1.82, 2.24) is 14.8 Å². The van der Waals surface area contributed by atoms with Gasteiger partial charge < -0.3 is 0 Å². The predicted octanol–water partition coefficient (Wildman–Crippen LogP) is 3.76. The predicted molar refractivity (Wildman–Crippen MR) is 81.2 cm³/mol. The number of halogens is 1. The molecule has 1 aliphatic carbocycles. The minimum Gasteiger partial charge on any atom is -0.298 e. The second kappa shape index (κ2) is 4.67. The molecule has 0 N–H and O–H groups in total. The Morgan fingerprint density at radius 3 is 2.90 bits per heavy atom. The van der Waals surface area contributed by atoms with E-state index in [1.165, 1.54) is 0 Å². The van der Waals surface area contributed by atoms with Crippen molar-refractivity contribution in [3.05, 3.63) is 52.9 Å². The highest BCUT2D eigenvalue weighted by molar-refractivity contribution is 6.33. The van der Waals surface area contributed by atoms with Crippen LogP contribution in [-0.2, 0) is 0 Å². The largest absolute Gasteiger partial charge is 0.298 e. The maximum absolute atomic E-state index is 11.3. The van der Waals surface area contributed by atoms with Crippen LogP contribution >= 0.6 is 11.6 Å². The van der Waals surface area contributed by atoms with Crippen LogP contribution in [0.3, 0.4) is 0 Å². The first-order valence-corrected chi connectivity index (χ1v) is 7.24. The Hall–Kier alpha value is -2.20. The number of hydrogen-bond acceptors (Lipinski definition) is 3. The van der Waals surface area contributed by atoms with Crippen molar-refractivity contribution in [3.63, 3.8) is 0 Å². The molecule has 0 bridgehead atoms. The molecular formula is C16H12ClN3O. The van der Waals surface area contributed by atoms with Gasteiger partial charge in [0.05, 0.1) is 33.7 Å². The summed E-state index contributed by atoms with van der Waals surface area (Å²) in [4.78, 5) is 15.6. The van der Waals surface area contributed by atoms with Gasteiger partial charge in [-0.15, -0.1) is 0 Å². The van der Waals surface area contributed by atoms with Crippen LogP contribution in [0.4, 0.5) is 0 Å². The number of aromatic nitrogens is 3. The fourth-order valence-electron chi connectivity index (χ4n) is 2.73. The Labute approximate surface area is 126 Å². The molecule has 4 rings (SSSR count). The molecule has 1 aromatic carbocycles. The molecule has 0 aliphatic heterocycles. The van der Waals surface area contributed by atoms with E-state index in [0.717, 1.165) is 41.4 Å². The smallest absolute Gasteiger partial charge is 0.153 e. The Morgan fingerprint density at radius 2 is 2.14 bits per heavy atom. The lowest BCUT2D eigenvalue weighted by Gasteiger charge is -2.12. The SMILES string of the molecule is O=Cc1cnn(-c2c(Cl)ccc3ncccc23)c1C1CC1. The first-order valence-electron chi connectivity index (χ1n) is 6.86. The third-order valence-electron chi connectivity index (χ3n) is 3.85. The van der Waals surface area contributed by atoms with Crippen LogP contribution in [-0.4, -0.2) is 21.1 Å². The molecule has 3 aromatic rings. The van der Waals surface area contributed by atoms with Crippen LogP contribution in [0.2, 0.25) is 5.02 Å². The van der Waals surface area contributed by atoms with E-state index < -0.39 is 0 Å². The van der Waals surface area contributed by atoms with E-state index in [-0.39, 0.29) is 0 Å². The monoisotopic (exact) mass is 297 g/mol. The highest BCUT2D eigenvalue weighted by atomic mass is 35.5. The second-order valence-electron chi connectivity index (χ2n) is 5.26. The van der Waals surface area contributed by atoms with Crippen molar-refractivity contribution in [2.45, 2.75) is 18.8 Å². The van der Waals surface area contributed by atoms with Gasteiger partial charge in [0.1, 0.15) is 0 Å². The molecule has 4 nitrogen and oxygen atoms in total. The third-order valence-corrected chi connectivity index (χ3v) is 4.15. The average molecular weight is 298 g/mol. The van der Waals surface area contributed by atoms with Crippen LogP contribution in [0.25, 0.3) is 16.6 Å². The summed E-state index contributed by atoms with van der Waals surface area (Å²) in [6, 6.07) is 7.57. The van der Waals surface area contributed by atoms with E-state index in [1.54, 1.807) is 12.4 Å². The van der Waals surface area contributed by atoms with Gasteiger partial charge >= 0.3 is 0 Å². The van der Waals surface area contributed by atoms with E-state index >= 15 is 0 Å². The summed E-state index contributed by atoms with van der Waals surface area (Å²) in [6.07, 6.45) is 6.42. The van der Waals surface area contributed by atoms with Gasteiger partial charge in [0.2, 0.25) is 0 Å². The zero-order chi connectivity index (χ0) is 14.4. The highest BCUT2D eigenvalue weighted by Crippen LogP contribution is 2.43. The molecule has 104 valence electrons. The molecule has 2 aromatic heterocycles. The number of carbonyl (C=O) groups is 1. The van der Waals surface area contributed by atoms with Crippen molar-refractivity contribution >= 4 is 28.8 Å². The third kappa shape index (κ3) is 1.94. The Bertz CT molecular complexity index is 852. The van der Waals surface area contributed by atoms with Crippen LogP contribution in [0.1, 0.15) is 34.8 Å². The summed E-state index contributed by atoms with van der Waals surface area (Å²) in [5.74, 6) is 0.399. The van der Waals surface area contributed by atoms with Gasteiger partial charge in [0.15, 0.2) is 6.29 Å². The highest BCUT2D eigenvalue weighted by Gasteiger charge is 2.31. The molecule has 21 heavy (non-hydrogen) atoms. The van der Waals surface area contributed by atoms with Crippen LogP contribution in [0.5, 0.6) is 0 Å². The molecule has 0 spiro atoms.